The van der Waals surface area contributed by atoms with Crippen LogP contribution < -0.4 is 10.1 Å². The van der Waals surface area contributed by atoms with Gasteiger partial charge in [0.05, 0.1) is 4.92 Å². The summed E-state index contributed by atoms with van der Waals surface area (Å²) in [5.41, 5.74) is 0.484. The summed E-state index contributed by atoms with van der Waals surface area (Å²) < 4.78 is 18.9. The summed E-state index contributed by atoms with van der Waals surface area (Å²) in [5, 5.41) is 13.9. The van der Waals surface area contributed by atoms with Crippen molar-refractivity contribution in [1.29, 1.82) is 0 Å². The van der Waals surface area contributed by atoms with Gasteiger partial charge in [-0.1, -0.05) is 12.1 Å². The Kier molecular flexibility index (Phi) is 4.44. The summed E-state index contributed by atoms with van der Waals surface area (Å²) in [6, 6.07) is 6.94. The first-order valence-electron chi connectivity index (χ1n) is 6.27. The Morgan fingerprint density at radius 3 is 2.71 bits per heavy atom. The van der Waals surface area contributed by atoms with Gasteiger partial charge in [-0.3, -0.25) is 10.1 Å². The molecule has 1 heterocycles. The van der Waals surface area contributed by atoms with Crippen LogP contribution in [0, 0.1) is 15.9 Å². The molecule has 21 heavy (non-hydrogen) atoms. The molecule has 0 fully saturated rings. The monoisotopic (exact) mass is 291 g/mol. The summed E-state index contributed by atoms with van der Waals surface area (Å²) >= 11 is 0. The van der Waals surface area contributed by atoms with E-state index in [2.05, 4.69) is 10.3 Å². The van der Waals surface area contributed by atoms with Gasteiger partial charge in [0.2, 0.25) is 11.6 Å². The maximum absolute atomic E-state index is 13.7. The molecule has 0 spiro atoms. The Bertz CT molecular complexity index is 646. The van der Waals surface area contributed by atoms with Gasteiger partial charge in [-0.25, -0.2) is 9.37 Å². The smallest absolute Gasteiger partial charge is 0.314 e. The molecule has 1 unspecified atom stereocenters. The number of halogens is 1. The van der Waals surface area contributed by atoms with E-state index in [1.54, 1.807) is 18.3 Å². The number of nitrogens with one attached hydrogen (secondary N) is 1. The van der Waals surface area contributed by atoms with E-state index in [0.717, 1.165) is 11.6 Å². The summed E-state index contributed by atoms with van der Waals surface area (Å²) in [6.45, 7) is 1.96. The number of nitro benzene ring substituents is 1. The molecular weight excluding hydrogens is 277 g/mol. The molecule has 0 aliphatic carbocycles. The standard InChI is InChI=1S/C14H14FN3O3/c1-9(16-2)10-6-7-13(17-8-10)21-14-11(15)4-3-5-12(14)18(19)20/h3-9,16H,1-2H3. The topological polar surface area (TPSA) is 77.3 Å². The van der Waals surface area contributed by atoms with Gasteiger partial charge in [0, 0.05) is 24.4 Å². The predicted molar refractivity (Wildman–Crippen MR) is 74.8 cm³/mol. The maximum atomic E-state index is 13.7. The number of para-hydroxylation sites is 1. The highest BCUT2D eigenvalue weighted by Crippen LogP contribution is 2.33. The van der Waals surface area contributed by atoms with E-state index in [9.17, 15) is 14.5 Å². The summed E-state index contributed by atoms with van der Waals surface area (Å²) in [5.74, 6) is -1.15. The Hall–Kier alpha value is -2.54. The number of pyridine rings is 1. The number of hydrogen-bond acceptors (Lipinski definition) is 5. The minimum absolute atomic E-state index is 0.0928. The molecule has 0 saturated heterocycles. The molecule has 0 radical (unpaired) electrons. The van der Waals surface area contributed by atoms with Crippen molar-refractivity contribution >= 4 is 5.69 Å². The van der Waals surface area contributed by atoms with Crippen molar-refractivity contribution in [3.8, 4) is 11.6 Å². The Morgan fingerprint density at radius 2 is 2.14 bits per heavy atom. The first-order chi connectivity index (χ1) is 10.0. The lowest BCUT2D eigenvalue weighted by Crippen LogP contribution is -2.12. The average molecular weight is 291 g/mol. The van der Waals surface area contributed by atoms with Crippen LogP contribution in [0.25, 0.3) is 0 Å². The fourth-order valence-corrected chi connectivity index (χ4v) is 1.72. The third kappa shape index (κ3) is 3.32. The van der Waals surface area contributed by atoms with Crippen LogP contribution in [0.2, 0.25) is 0 Å². The highest BCUT2D eigenvalue weighted by atomic mass is 19.1. The largest absolute Gasteiger partial charge is 0.429 e. The average Bonchev–Trinajstić information content (AvgIpc) is 2.49. The quantitative estimate of drug-likeness (QED) is 0.676. The second-order valence-corrected chi connectivity index (χ2v) is 4.39. The number of nitro groups is 1. The summed E-state index contributed by atoms with van der Waals surface area (Å²) in [4.78, 5) is 14.2. The number of ether oxygens (including phenoxy) is 1. The van der Waals surface area contributed by atoms with Crippen LogP contribution in [0.1, 0.15) is 18.5 Å². The van der Waals surface area contributed by atoms with Crippen molar-refractivity contribution in [1.82, 2.24) is 10.3 Å². The number of nitrogens with zero attached hydrogens (tertiary/aromatic N) is 2. The normalized spacial score (nSPS) is 12.0. The number of benzene rings is 1. The van der Waals surface area contributed by atoms with Crippen molar-refractivity contribution in [2.24, 2.45) is 0 Å². The maximum Gasteiger partial charge on any atom is 0.314 e. The van der Waals surface area contributed by atoms with Crippen LogP contribution in [0.4, 0.5) is 10.1 Å². The van der Waals surface area contributed by atoms with Gasteiger partial charge in [-0.05, 0) is 25.6 Å². The van der Waals surface area contributed by atoms with Crippen LogP contribution in [0.15, 0.2) is 36.5 Å². The first-order valence-corrected chi connectivity index (χ1v) is 6.27. The van der Waals surface area contributed by atoms with Crippen LogP contribution in [-0.2, 0) is 0 Å². The van der Waals surface area contributed by atoms with Gasteiger partial charge in [-0.15, -0.1) is 0 Å². The van der Waals surface area contributed by atoms with Gasteiger partial charge in [0.1, 0.15) is 0 Å². The number of aromatic nitrogens is 1. The lowest BCUT2D eigenvalue weighted by atomic mass is 10.1. The first kappa shape index (κ1) is 14.9. The lowest BCUT2D eigenvalue weighted by molar-refractivity contribution is -0.385. The molecule has 0 bridgehead atoms. The molecule has 0 amide bonds. The Balaban J connectivity index is 2.28. The molecule has 0 aliphatic rings. The molecule has 1 aromatic carbocycles. The predicted octanol–water partition coefficient (Wildman–Crippen LogP) is 3.20. The molecule has 110 valence electrons. The molecular formula is C14H14FN3O3. The zero-order valence-corrected chi connectivity index (χ0v) is 11.5. The van der Waals surface area contributed by atoms with Crippen molar-refractivity contribution in [3.63, 3.8) is 0 Å². The third-order valence-electron chi connectivity index (χ3n) is 3.04. The lowest BCUT2D eigenvalue weighted by Gasteiger charge is -2.11. The molecule has 1 atom stereocenters. The molecule has 7 heteroatoms. The fraction of sp³-hybridized carbons (Fsp3) is 0.214. The van der Waals surface area contributed by atoms with E-state index in [4.69, 9.17) is 4.74 Å². The van der Waals surface area contributed by atoms with Crippen molar-refractivity contribution in [2.75, 3.05) is 7.05 Å². The van der Waals surface area contributed by atoms with Gasteiger partial charge in [0.15, 0.2) is 5.82 Å². The minimum atomic E-state index is -0.807. The zero-order chi connectivity index (χ0) is 15.4. The van der Waals surface area contributed by atoms with Crippen molar-refractivity contribution in [2.45, 2.75) is 13.0 Å². The van der Waals surface area contributed by atoms with Gasteiger partial charge in [0.25, 0.3) is 0 Å². The SMILES string of the molecule is CNC(C)c1ccc(Oc2c(F)cccc2[N+](=O)[O-])nc1. The molecule has 1 aromatic heterocycles. The van der Waals surface area contributed by atoms with E-state index in [1.165, 1.54) is 12.1 Å². The van der Waals surface area contributed by atoms with Crippen LogP contribution in [0.3, 0.4) is 0 Å². The fourth-order valence-electron chi connectivity index (χ4n) is 1.72. The molecule has 0 saturated carbocycles. The van der Waals surface area contributed by atoms with E-state index in [0.29, 0.717) is 0 Å². The molecule has 2 rings (SSSR count). The number of rotatable bonds is 5. The van der Waals surface area contributed by atoms with Gasteiger partial charge in [-0.2, -0.15) is 0 Å². The second-order valence-electron chi connectivity index (χ2n) is 4.39. The van der Waals surface area contributed by atoms with E-state index < -0.39 is 22.2 Å². The van der Waals surface area contributed by atoms with E-state index >= 15 is 0 Å². The highest BCUT2D eigenvalue weighted by molar-refractivity contribution is 5.48. The summed E-state index contributed by atoms with van der Waals surface area (Å²) in [6.07, 6.45) is 1.57. The Morgan fingerprint density at radius 1 is 1.38 bits per heavy atom. The zero-order valence-electron chi connectivity index (χ0n) is 11.5. The van der Waals surface area contributed by atoms with Crippen LogP contribution >= 0.6 is 0 Å². The van der Waals surface area contributed by atoms with Crippen molar-refractivity contribution < 1.29 is 14.1 Å². The van der Waals surface area contributed by atoms with E-state index in [-0.39, 0.29) is 11.9 Å². The third-order valence-corrected chi connectivity index (χ3v) is 3.04. The van der Waals surface area contributed by atoms with Crippen LogP contribution in [-0.4, -0.2) is 17.0 Å². The molecule has 6 nitrogen and oxygen atoms in total. The van der Waals surface area contributed by atoms with Crippen molar-refractivity contribution in [3.05, 3.63) is 58.0 Å². The highest BCUT2D eigenvalue weighted by Gasteiger charge is 2.20. The molecule has 2 aromatic rings. The van der Waals surface area contributed by atoms with Crippen LogP contribution in [0.5, 0.6) is 11.6 Å². The molecule has 0 aliphatic heterocycles. The number of hydrogen-bond donors (Lipinski definition) is 1. The van der Waals surface area contributed by atoms with E-state index in [1.807, 2.05) is 14.0 Å². The van der Waals surface area contributed by atoms with Gasteiger partial charge < -0.3 is 10.1 Å². The molecule has 1 N–H and O–H groups in total. The second kappa shape index (κ2) is 6.27. The minimum Gasteiger partial charge on any atom is -0.429 e. The Labute approximate surface area is 120 Å². The van der Waals surface area contributed by atoms with Gasteiger partial charge >= 0.3 is 5.69 Å². The summed E-state index contributed by atoms with van der Waals surface area (Å²) in [7, 11) is 1.82.